The fourth-order valence-corrected chi connectivity index (χ4v) is 3.85. The van der Waals surface area contributed by atoms with Gasteiger partial charge in [-0.15, -0.1) is 0 Å². The maximum atomic E-state index is 12.9. The molecule has 1 saturated carbocycles. The van der Waals surface area contributed by atoms with E-state index in [1.807, 2.05) is 12.1 Å². The molecular formula is C22H27F3N2O. The van der Waals surface area contributed by atoms with Gasteiger partial charge in [0.1, 0.15) is 5.75 Å². The van der Waals surface area contributed by atoms with Crippen molar-refractivity contribution in [3.63, 3.8) is 0 Å². The van der Waals surface area contributed by atoms with Crippen molar-refractivity contribution in [1.29, 1.82) is 0 Å². The van der Waals surface area contributed by atoms with Crippen LogP contribution in [0.4, 0.5) is 13.2 Å². The Morgan fingerprint density at radius 2 is 1.96 bits per heavy atom. The molecule has 3 atom stereocenters. The van der Waals surface area contributed by atoms with E-state index in [9.17, 15) is 13.2 Å². The summed E-state index contributed by atoms with van der Waals surface area (Å²) in [5, 5.41) is 3.49. The van der Waals surface area contributed by atoms with Crippen LogP contribution in [0.2, 0.25) is 0 Å². The zero-order chi connectivity index (χ0) is 20.0. The van der Waals surface area contributed by atoms with Gasteiger partial charge in [-0.2, -0.15) is 13.2 Å². The zero-order valence-electron chi connectivity index (χ0n) is 16.1. The lowest BCUT2D eigenvalue weighted by Gasteiger charge is -2.33. The maximum absolute atomic E-state index is 12.9. The fraction of sp³-hybridized carbons (Fsp3) is 0.500. The number of halogens is 3. The fourth-order valence-electron chi connectivity index (χ4n) is 3.85. The predicted molar refractivity (Wildman–Crippen MR) is 103 cm³/mol. The average Bonchev–Trinajstić information content (AvgIpc) is 2.68. The van der Waals surface area contributed by atoms with Gasteiger partial charge in [0.25, 0.3) is 0 Å². The minimum Gasteiger partial charge on any atom is -0.490 e. The lowest BCUT2D eigenvalue weighted by molar-refractivity contribution is -0.137. The molecule has 1 N–H and O–H groups in total. The molecule has 0 saturated heterocycles. The first-order valence-corrected chi connectivity index (χ1v) is 9.85. The molecule has 0 bridgehead atoms. The second-order valence-corrected chi connectivity index (χ2v) is 7.66. The van der Waals surface area contributed by atoms with Crippen LogP contribution in [-0.4, -0.2) is 17.6 Å². The summed E-state index contributed by atoms with van der Waals surface area (Å²) in [6.45, 7) is 3.95. The van der Waals surface area contributed by atoms with Crippen LogP contribution in [0.1, 0.15) is 43.7 Å². The first kappa shape index (κ1) is 20.6. The number of alkyl halides is 3. The molecule has 1 aromatic carbocycles. The molecule has 1 aromatic heterocycles. The van der Waals surface area contributed by atoms with Crippen LogP contribution in [0.5, 0.6) is 5.75 Å². The maximum Gasteiger partial charge on any atom is 0.416 e. The number of nitrogens with zero attached hydrogens (tertiary/aromatic N) is 1. The molecule has 2 aromatic rings. The Labute approximate surface area is 164 Å². The van der Waals surface area contributed by atoms with Gasteiger partial charge in [-0.05, 0) is 80.0 Å². The van der Waals surface area contributed by atoms with Crippen molar-refractivity contribution in [3.8, 4) is 5.75 Å². The van der Waals surface area contributed by atoms with Crippen molar-refractivity contribution in [2.75, 3.05) is 6.54 Å². The van der Waals surface area contributed by atoms with E-state index in [1.165, 1.54) is 11.6 Å². The third-order valence-electron chi connectivity index (χ3n) is 5.48. The standard InChI is InChI=1S/C22H27F3N2O/c1-16(14-27-15-17-8-10-26-11-9-17)18-4-2-6-20(12-18)28-21-7-3-5-19(13-21)22(23,24)25/h3,5,7-11,13,16,18,20,27H,2,4,6,12,14-15H2,1H3/t16?,18?,20-/m1/s1. The molecule has 0 aliphatic heterocycles. The highest BCUT2D eigenvalue weighted by atomic mass is 19.4. The highest BCUT2D eigenvalue weighted by Gasteiger charge is 2.31. The van der Waals surface area contributed by atoms with Crippen molar-refractivity contribution >= 4 is 0 Å². The number of ether oxygens (including phenoxy) is 1. The van der Waals surface area contributed by atoms with Crippen LogP contribution >= 0.6 is 0 Å². The Balaban J connectivity index is 1.49. The predicted octanol–water partition coefficient (Wildman–Crippen LogP) is 5.46. The van der Waals surface area contributed by atoms with Crippen LogP contribution in [-0.2, 0) is 12.7 Å². The van der Waals surface area contributed by atoms with E-state index in [4.69, 9.17) is 4.74 Å². The molecule has 6 heteroatoms. The number of rotatable bonds is 7. The van der Waals surface area contributed by atoms with Gasteiger partial charge < -0.3 is 10.1 Å². The summed E-state index contributed by atoms with van der Waals surface area (Å²) in [5.74, 6) is 1.30. The Kier molecular flexibility index (Phi) is 6.94. The summed E-state index contributed by atoms with van der Waals surface area (Å²) in [4.78, 5) is 4.02. The van der Waals surface area contributed by atoms with Crippen LogP contribution in [0.25, 0.3) is 0 Å². The minimum atomic E-state index is -4.34. The number of aromatic nitrogens is 1. The minimum absolute atomic E-state index is 0.0233. The van der Waals surface area contributed by atoms with E-state index in [0.29, 0.717) is 17.6 Å². The van der Waals surface area contributed by atoms with Gasteiger partial charge in [0, 0.05) is 18.9 Å². The highest BCUT2D eigenvalue weighted by molar-refractivity contribution is 5.30. The number of hydrogen-bond donors (Lipinski definition) is 1. The van der Waals surface area contributed by atoms with Gasteiger partial charge >= 0.3 is 6.18 Å². The van der Waals surface area contributed by atoms with Gasteiger partial charge in [0.05, 0.1) is 11.7 Å². The Hall–Kier alpha value is -2.08. The van der Waals surface area contributed by atoms with Crippen molar-refractivity contribution in [3.05, 3.63) is 59.9 Å². The second kappa shape index (κ2) is 9.41. The summed E-state index contributed by atoms with van der Waals surface area (Å²) in [6, 6.07) is 9.19. The number of hydrogen-bond acceptors (Lipinski definition) is 3. The van der Waals surface area contributed by atoms with E-state index in [2.05, 4.69) is 17.2 Å². The molecule has 0 amide bonds. The van der Waals surface area contributed by atoms with Gasteiger partial charge in [0.2, 0.25) is 0 Å². The van der Waals surface area contributed by atoms with Crippen LogP contribution < -0.4 is 10.1 Å². The van der Waals surface area contributed by atoms with Crippen LogP contribution in [0, 0.1) is 11.8 Å². The van der Waals surface area contributed by atoms with Crippen molar-refractivity contribution in [2.45, 2.75) is 51.4 Å². The van der Waals surface area contributed by atoms with Gasteiger partial charge in [-0.3, -0.25) is 4.98 Å². The molecule has 28 heavy (non-hydrogen) atoms. The third-order valence-corrected chi connectivity index (χ3v) is 5.48. The van der Waals surface area contributed by atoms with Crippen molar-refractivity contribution in [1.82, 2.24) is 10.3 Å². The van der Waals surface area contributed by atoms with E-state index in [1.54, 1.807) is 18.5 Å². The van der Waals surface area contributed by atoms with Crippen molar-refractivity contribution in [2.24, 2.45) is 11.8 Å². The summed E-state index contributed by atoms with van der Waals surface area (Å²) in [6.07, 6.45) is 3.17. The lowest BCUT2D eigenvalue weighted by Crippen LogP contribution is -2.33. The first-order valence-electron chi connectivity index (χ1n) is 9.85. The topological polar surface area (TPSA) is 34.2 Å². The number of pyridine rings is 1. The van der Waals surface area contributed by atoms with E-state index in [0.717, 1.165) is 50.9 Å². The largest absolute Gasteiger partial charge is 0.490 e. The lowest BCUT2D eigenvalue weighted by atomic mass is 9.79. The molecule has 3 nitrogen and oxygen atoms in total. The summed E-state index contributed by atoms with van der Waals surface area (Å²) in [7, 11) is 0. The second-order valence-electron chi connectivity index (χ2n) is 7.66. The Bertz CT molecular complexity index is 736. The molecule has 1 fully saturated rings. The van der Waals surface area contributed by atoms with Gasteiger partial charge in [0.15, 0.2) is 0 Å². The molecule has 0 radical (unpaired) electrons. The normalized spacial score (nSPS) is 21.3. The number of nitrogens with one attached hydrogen (secondary N) is 1. The molecule has 1 heterocycles. The molecule has 0 spiro atoms. The molecular weight excluding hydrogens is 365 g/mol. The average molecular weight is 392 g/mol. The van der Waals surface area contributed by atoms with E-state index in [-0.39, 0.29) is 6.10 Å². The summed E-state index contributed by atoms with van der Waals surface area (Å²) < 4.78 is 44.6. The monoisotopic (exact) mass is 392 g/mol. The molecule has 1 aliphatic rings. The zero-order valence-corrected chi connectivity index (χ0v) is 16.1. The first-order chi connectivity index (χ1) is 13.4. The molecule has 1 aliphatic carbocycles. The highest BCUT2D eigenvalue weighted by Crippen LogP contribution is 2.35. The summed E-state index contributed by atoms with van der Waals surface area (Å²) >= 11 is 0. The van der Waals surface area contributed by atoms with Gasteiger partial charge in [-0.25, -0.2) is 0 Å². The quantitative estimate of drug-likeness (QED) is 0.679. The smallest absolute Gasteiger partial charge is 0.416 e. The van der Waals surface area contributed by atoms with E-state index < -0.39 is 11.7 Å². The molecule has 2 unspecified atom stereocenters. The Morgan fingerprint density at radius 3 is 2.71 bits per heavy atom. The van der Waals surface area contributed by atoms with Crippen molar-refractivity contribution < 1.29 is 17.9 Å². The van der Waals surface area contributed by atoms with Gasteiger partial charge in [-0.1, -0.05) is 13.0 Å². The Morgan fingerprint density at radius 1 is 1.18 bits per heavy atom. The third kappa shape index (κ3) is 5.96. The van der Waals surface area contributed by atoms with Crippen LogP contribution in [0.15, 0.2) is 48.8 Å². The SMILES string of the molecule is CC(CNCc1ccncc1)C1CCC[C@@H](Oc2cccc(C(F)(F)F)c2)C1. The molecule has 3 rings (SSSR count). The van der Waals surface area contributed by atoms with Crippen LogP contribution in [0.3, 0.4) is 0 Å². The molecule has 152 valence electrons. The summed E-state index contributed by atoms with van der Waals surface area (Å²) in [5.41, 5.74) is 0.544. The number of benzene rings is 1. The van der Waals surface area contributed by atoms with E-state index >= 15 is 0 Å².